The highest BCUT2D eigenvalue weighted by Gasteiger charge is 2.21. The Morgan fingerprint density at radius 2 is 1.93 bits per heavy atom. The molecule has 0 aliphatic carbocycles. The van der Waals surface area contributed by atoms with Crippen LogP contribution >= 0.6 is 0 Å². The number of aryl methyl sites for hydroxylation is 1. The van der Waals surface area contributed by atoms with Crippen LogP contribution in [-0.4, -0.2) is 50.9 Å². The van der Waals surface area contributed by atoms with Crippen LogP contribution in [-0.2, 0) is 16.0 Å². The number of rotatable bonds is 5. The van der Waals surface area contributed by atoms with Gasteiger partial charge in [0.15, 0.2) is 0 Å². The van der Waals surface area contributed by atoms with Gasteiger partial charge in [0.1, 0.15) is 5.82 Å². The van der Waals surface area contributed by atoms with E-state index in [4.69, 9.17) is 0 Å². The van der Waals surface area contributed by atoms with E-state index in [-0.39, 0.29) is 18.3 Å². The first-order chi connectivity index (χ1) is 13.9. The average molecular weight is 398 g/mol. The Morgan fingerprint density at radius 3 is 2.66 bits per heavy atom. The van der Waals surface area contributed by atoms with E-state index >= 15 is 0 Å². The summed E-state index contributed by atoms with van der Waals surface area (Å²) in [7, 11) is 5.96. The van der Waals surface area contributed by atoms with E-state index in [1.165, 1.54) is 29.4 Å². The second kappa shape index (κ2) is 9.05. The average Bonchev–Trinajstić information content (AvgIpc) is 2.69. The van der Waals surface area contributed by atoms with Crippen LogP contribution in [0.15, 0.2) is 42.5 Å². The lowest BCUT2D eigenvalue weighted by Gasteiger charge is -2.30. The Balaban J connectivity index is 1.66. The van der Waals surface area contributed by atoms with E-state index in [9.17, 15) is 14.0 Å². The van der Waals surface area contributed by atoms with Crippen LogP contribution in [0, 0.1) is 5.82 Å². The van der Waals surface area contributed by atoms with Gasteiger partial charge in [-0.1, -0.05) is 24.3 Å². The van der Waals surface area contributed by atoms with Crippen LogP contribution in [0.25, 0.3) is 0 Å². The number of anilines is 2. The lowest BCUT2D eigenvalue weighted by Crippen LogP contribution is -2.40. The van der Waals surface area contributed by atoms with Crippen molar-refractivity contribution in [1.82, 2.24) is 10.2 Å². The Morgan fingerprint density at radius 1 is 1.17 bits per heavy atom. The maximum Gasteiger partial charge on any atom is 0.313 e. The van der Waals surface area contributed by atoms with Gasteiger partial charge in [-0.05, 0) is 56.3 Å². The summed E-state index contributed by atoms with van der Waals surface area (Å²) in [6.07, 6.45) is 2.15. The van der Waals surface area contributed by atoms with Gasteiger partial charge in [0.25, 0.3) is 0 Å². The number of amides is 2. The Labute approximate surface area is 170 Å². The molecule has 0 bridgehead atoms. The summed E-state index contributed by atoms with van der Waals surface area (Å²) >= 11 is 0. The van der Waals surface area contributed by atoms with E-state index in [0.29, 0.717) is 0 Å². The molecule has 3 rings (SSSR count). The number of nitrogens with one attached hydrogen (secondary N) is 2. The van der Waals surface area contributed by atoms with E-state index in [0.717, 1.165) is 24.9 Å². The molecule has 6 nitrogen and oxygen atoms in total. The summed E-state index contributed by atoms with van der Waals surface area (Å²) in [6, 6.07) is 12.0. The molecule has 29 heavy (non-hydrogen) atoms. The Bertz CT molecular complexity index is 900. The standard InChI is InChI=1S/C22H27FN4O2/c1-26(2)20(16-10-11-19-15(13-16)7-6-12-27(19)3)14-24-21(28)22(29)25-18-9-5-4-8-17(18)23/h4-5,8-11,13,20H,6-7,12,14H2,1-3H3,(H,24,28)(H,25,29)/t20-/m0/s1. The van der Waals surface area contributed by atoms with Crippen LogP contribution in [0.2, 0.25) is 0 Å². The molecule has 0 aromatic heterocycles. The summed E-state index contributed by atoms with van der Waals surface area (Å²) in [5.41, 5.74) is 3.60. The van der Waals surface area contributed by atoms with Crippen molar-refractivity contribution in [3.8, 4) is 0 Å². The molecule has 2 amide bonds. The van der Waals surface area contributed by atoms with Gasteiger partial charge < -0.3 is 20.4 Å². The van der Waals surface area contributed by atoms with Crippen LogP contribution in [0.1, 0.15) is 23.6 Å². The molecule has 1 atom stereocenters. The lowest BCUT2D eigenvalue weighted by atomic mass is 9.96. The zero-order valence-corrected chi connectivity index (χ0v) is 17.0. The van der Waals surface area contributed by atoms with Crippen molar-refractivity contribution in [1.29, 1.82) is 0 Å². The predicted molar refractivity (Wildman–Crippen MR) is 113 cm³/mol. The molecule has 0 spiro atoms. The quantitative estimate of drug-likeness (QED) is 0.760. The van der Waals surface area contributed by atoms with Gasteiger partial charge in [-0.25, -0.2) is 4.39 Å². The molecule has 0 saturated carbocycles. The van der Waals surface area contributed by atoms with Gasteiger partial charge in [-0.2, -0.15) is 0 Å². The number of hydrogen-bond donors (Lipinski definition) is 2. The SMILES string of the molecule is CN1CCCc2cc([C@H](CNC(=O)C(=O)Nc3ccccc3F)N(C)C)ccc21. The number of para-hydroxylation sites is 1. The zero-order chi connectivity index (χ0) is 21.0. The van der Waals surface area contributed by atoms with E-state index in [2.05, 4.69) is 40.8 Å². The molecule has 0 unspecified atom stereocenters. The molecule has 0 radical (unpaired) electrons. The zero-order valence-electron chi connectivity index (χ0n) is 17.0. The smallest absolute Gasteiger partial charge is 0.313 e. The summed E-state index contributed by atoms with van der Waals surface area (Å²) in [5, 5.41) is 4.97. The lowest BCUT2D eigenvalue weighted by molar-refractivity contribution is -0.136. The number of benzene rings is 2. The molecular weight excluding hydrogens is 371 g/mol. The Kier molecular flexibility index (Phi) is 6.49. The van der Waals surface area contributed by atoms with Crippen LogP contribution in [0.3, 0.4) is 0 Å². The van der Waals surface area contributed by atoms with E-state index < -0.39 is 17.6 Å². The van der Waals surface area contributed by atoms with E-state index in [1.807, 2.05) is 19.0 Å². The van der Waals surface area contributed by atoms with Gasteiger partial charge in [-0.15, -0.1) is 0 Å². The molecule has 1 aliphatic heterocycles. The fourth-order valence-corrected chi connectivity index (χ4v) is 3.62. The fraction of sp³-hybridized carbons (Fsp3) is 0.364. The maximum absolute atomic E-state index is 13.7. The third-order valence-electron chi connectivity index (χ3n) is 5.25. The maximum atomic E-state index is 13.7. The second-order valence-electron chi connectivity index (χ2n) is 7.54. The van der Waals surface area contributed by atoms with Gasteiger partial charge in [-0.3, -0.25) is 9.59 Å². The van der Waals surface area contributed by atoms with Crippen molar-refractivity contribution in [2.24, 2.45) is 0 Å². The summed E-state index contributed by atoms with van der Waals surface area (Å²) < 4.78 is 13.7. The fourth-order valence-electron chi connectivity index (χ4n) is 3.62. The number of carbonyl (C=O) groups is 2. The predicted octanol–water partition coefficient (Wildman–Crippen LogP) is 2.57. The molecule has 2 aromatic rings. The highest BCUT2D eigenvalue weighted by atomic mass is 19.1. The normalized spacial score (nSPS) is 14.3. The number of likely N-dealkylation sites (N-methyl/N-ethyl adjacent to an activating group) is 1. The van der Waals surface area contributed by atoms with Crippen molar-refractivity contribution in [3.05, 3.63) is 59.4 Å². The van der Waals surface area contributed by atoms with E-state index in [1.54, 1.807) is 6.07 Å². The monoisotopic (exact) mass is 398 g/mol. The summed E-state index contributed by atoms with van der Waals surface area (Å²) in [5.74, 6) is -2.27. The molecule has 2 N–H and O–H groups in total. The van der Waals surface area contributed by atoms with Crippen molar-refractivity contribution in [3.63, 3.8) is 0 Å². The van der Waals surface area contributed by atoms with Gasteiger partial charge >= 0.3 is 11.8 Å². The first kappa shape index (κ1) is 20.8. The first-order valence-corrected chi connectivity index (χ1v) is 9.71. The highest BCUT2D eigenvalue weighted by molar-refractivity contribution is 6.39. The third kappa shape index (κ3) is 4.92. The molecule has 7 heteroatoms. The number of fused-ring (bicyclic) bond motifs is 1. The topological polar surface area (TPSA) is 64.7 Å². The summed E-state index contributed by atoms with van der Waals surface area (Å²) in [4.78, 5) is 28.6. The number of halogens is 1. The van der Waals surface area contributed by atoms with Gasteiger partial charge in [0.05, 0.1) is 11.7 Å². The second-order valence-corrected chi connectivity index (χ2v) is 7.54. The minimum atomic E-state index is -0.889. The minimum Gasteiger partial charge on any atom is -0.374 e. The molecule has 2 aromatic carbocycles. The summed E-state index contributed by atoms with van der Waals surface area (Å²) in [6.45, 7) is 1.32. The van der Waals surface area contributed by atoms with Crippen molar-refractivity contribution >= 4 is 23.2 Å². The van der Waals surface area contributed by atoms with Gasteiger partial charge in [0, 0.05) is 25.8 Å². The number of hydrogen-bond acceptors (Lipinski definition) is 4. The third-order valence-corrected chi connectivity index (χ3v) is 5.25. The molecule has 0 saturated heterocycles. The largest absolute Gasteiger partial charge is 0.374 e. The molecule has 154 valence electrons. The highest BCUT2D eigenvalue weighted by Crippen LogP contribution is 2.29. The first-order valence-electron chi connectivity index (χ1n) is 9.71. The van der Waals surface area contributed by atoms with Crippen molar-refractivity contribution in [2.45, 2.75) is 18.9 Å². The Hall–Kier alpha value is -2.93. The van der Waals surface area contributed by atoms with Gasteiger partial charge in [0.2, 0.25) is 0 Å². The molecular formula is C22H27FN4O2. The molecule has 1 aliphatic rings. The number of carbonyl (C=O) groups excluding carboxylic acids is 2. The number of nitrogens with zero attached hydrogens (tertiary/aromatic N) is 2. The molecule has 0 fully saturated rings. The van der Waals surface area contributed by atoms with Crippen LogP contribution < -0.4 is 15.5 Å². The van der Waals surface area contributed by atoms with Crippen molar-refractivity contribution in [2.75, 3.05) is 44.4 Å². The minimum absolute atomic E-state index is 0.0179. The molecule has 1 heterocycles. The van der Waals surface area contributed by atoms with Crippen LogP contribution in [0.4, 0.5) is 15.8 Å². The van der Waals surface area contributed by atoms with Crippen molar-refractivity contribution < 1.29 is 14.0 Å². The van der Waals surface area contributed by atoms with Crippen LogP contribution in [0.5, 0.6) is 0 Å².